The first-order valence-corrected chi connectivity index (χ1v) is 9.30. The van der Waals surface area contributed by atoms with E-state index < -0.39 is 17.9 Å². The number of likely N-dealkylation sites (N-methyl/N-ethyl adjacent to an activating group) is 1. The Kier molecular flexibility index (Phi) is 5.81. The van der Waals surface area contributed by atoms with Gasteiger partial charge in [0, 0.05) is 47.1 Å². The summed E-state index contributed by atoms with van der Waals surface area (Å²) in [5.74, 6) is -2.00. The molecule has 1 unspecified atom stereocenters. The predicted molar refractivity (Wildman–Crippen MR) is 112 cm³/mol. The Morgan fingerprint density at radius 1 is 1.21 bits per heavy atom. The Balaban J connectivity index is 1.96. The Morgan fingerprint density at radius 2 is 1.86 bits per heavy atom. The number of halogens is 2. The molecule has 7 nitrogen and oxygen atoms in total. The van der Waals surface area contributed by atoms with Gasteiger partial charge in [-0.15, -0.1) is 0 Å². The van der Waals surface area contributed by atoms with Crippen molar-refractivity contribution in [2.24, 2.45) is 5.73 Å². The molecule has 9 heteroatoms. The van der Waals surface area contributed by atoms with Crippen LogP contribution in [-0.2, 0) is 9.59 Å². The number of hydrogen-bond donors (Lipinski definition) is 3. The highest BCUT2D eigenvalue weighted by Gasteiger charge is 2.29. The summed E-state index contributed by atoms with van der Waals surface area (Å²) in [4.78, 5) is 36.9. The van der Waals surface area contributed by atoms with E-state index in [4.69, 9.17) is 28.9 Å². The highest BCUT2D eigenvalue weighted by molar-refractivity contribution is 6.36. The molecule has 29 heavy (non-hydrogen) atoms. The number of aliphatic carboxylic acids is 1. The third-order valence-electron chi connectivity index (χ3n) is 4.60. The monoisotopic (exact) mass is 433 g/mol. The molecule has 1 aliphatic rings. The number of nitrogens with two attached hydrogens (primary N) is 1. The molecular formula is C20H17Cl2N3O4. The van der Waals surface area contributed by atoms with E-state index in [1.165, 1.54) is 29.2 Å². The van der Waals surface area contributed by atoms with Gasteiger partial charge in [-0.25, -0.2) is 4.79 Å². The van der Waals surface area contributed by atoms with Gasteiger partial charge < -0.3 is 21.1 Å². The van der Waals surface area contributed by atoms with Crippen LogP contribution in [0.4, 0.5) is 11.4 Å². The topological polar surface area (TPSA) is 113 Å². The maximum atomic E-state index is 12.8. The number of hydrogen-bond acceptors (Lipinski definition) is 4. The van der Waals surface area contributed by atoms with E-state index in [0.717, 1.165) is 0 Å². The van der Waals surface area contributed by atoms with Crippen molar-refractivity contribution in [3.8, 4) is 0 Å². The van der Waals surface area contributed by atoms with Crippen molar-refractivity contribution in [1.82, 2.24) is 0 Å². The number of benzene rings is 2. The van der Waals surface area contributed by atoms with Crippen molar-refractivity contribution in [2.45, 2.75) is 12.5 Å². The van der Waals surface area contributed by atoms with Crippen LogP contribution in [-0.4, -0.2) is 36.0 Å². The lowest BCUT2D eigenvalue weighted by Crippen LogP contribution is -2.33. The molecule has 0 radical (unpaired) electrons. The summed E-state index contributed by atoms with van der Waals surface area (Å²) in [5, 5.41) is 13.0. The number of amides is 2. The van der Waals surface area contributed by atoms with Crippen LogP contribution in [0.25, 0.3) is 5.57 Å². The number of rotatable bonds is 4. The summed E-state index contributed by atoms with van der Waals surface area (Å²) in [6, 6.07) is 8.43. The first kappa shape index (κ1) is 20.7. The van der Waals surface area contributed by atoms with Gasteiger partial charge in [-0.05, 0) is 42.0 Å². The quantitative estimate of drug-likeness (QED) is 0.639. The molecule has 1 aliphatic heterocycles. The summed E-state index contributed by atoms with van der Waals surface area (Å²) < 4.78 is 0. The second-order valence-electron chi connectivity index (χ2n) is 6.53. The smallest absolute Gasteiger partial charge is 0.326 e. The normalized spacial score (nSPS) is 16.7. The minimum atomic E-state index is -1.06. The van der Waals surface area contributed by atoms with Crippen LogP contribution in [0.3, 0.4) is 0 Å². The summed E-state index contributed by atoms with van der Waals surface area (Å²) in [6.07, 6.45) is 1.43. The third-order valence-corrected chi connectivity index (χ3v) is 5.11. The number of fused-ring (bicyclic) bond motifs is 1. The Morgan fingerprint density at radius 3 is 2.45 bits per heavy atom. The van der Waals surface area contributed by atoms with Crippen molar-refractivity contribution in [1.29, 1.82) is 0 Å². The summed E-state index contributed by atoms with van der Waals surface area (Å²) in [5.41, 5.74) is 7.58. The molecule has 0 aromatic heterocycles. The number of nitrogens with zero attached hydrogens (tertiary/aromatic N) is 1. The fourth-order valence-corrected chi connectivity index (χ4v) is 3.69. The third kappa shape index (κ3) is 4.36. The molecular weight excluding hydrogens is 417 g/mol. The van der Waals surface area contributed by atoms with Crippen LogP contribution in [0.2, 0.25) is 10.0 Å². The number of nitrogens with one attached hydrogen (secondary N) is 1. The van der Waals surface area contributed by atoms with Crippen molar-refractivity contribution >= 4 is 57.9 Å². The molecule has 0 saturated carbocycles. The lowest BCUT2D eigenvalue weighted by molar-refractivity contribution is -0.137. The number of carbonyl (C=O) groups excluding carboxylic acids is 2. The highest BCUT2D eigenvalue weighted by Crippen LogP contribution is 2.40. The molecule has 4 N–H and O–H groups in total. The maximum absolute atomic E-state index is 12.8. The molecule has 0 spiro atoms. The average Bonchev–Trinajstić information content (AvgIpc) is 2.66. The number of carbonyl (C=O) groups is 3. The van der Waals surface area contributed by atoms with Gasteiger partial charge in [0.15, 0.2) is 0 Å². The molecule has 2 amide bonds. The SMILES string of the molecule is CN(C(=O)C=C1CC(C(=O)O)Nc2cc(Cl)cc(Cl)c21)c1ccc(C(N)=O)cc1. The molecule has 3 rings (SSSR count). The van der Waals surface area contributed by atoms with E-state index in [2.05, 4.69) is 5.32 Å². The van der Waals surface area contributed by atoms with Crippen molar-refractivity contribution < 1.29 is 19.5 Å². The van der Waals surface area contributed by atoms with Crippen LogP contribution < -0.4 is 16.0 Å². The zero-order valence-electron chi connectivity index (χ0n) is 15.3. The van der Waals surface area contributed by atoms with E-state index in [0.29, 0.717) is 38.1 Å². The first-order valence-electron chi connectivity index (χ1n) is 8.54. The maximum Gasteiger partial charge on any atom is 0.326 e. The molecule has 2 aromatic rings. The lowest BCUT2D eigenvalue weighted by atomic mass is 9.91. The number of carboxylic acids is 1. The van der Waals surface area contributed by atoms with Gasteiger partial charge in [0.05, 0.1) is 5.02 Å². The van der Waals surface area contributed by atoms with Gasteiger partial charge in [-0.3, -0.25) is 9.59 Å². The summed E-state index contributed by atoms with van der Waals surface area (Å²) >= 11 is 12.3. The van der Waals surface area contributed by atoms with Crippen molar-refractivity contribution in [3.63, 3.8) is 0 Å². The predicted octanol–water partition coefficient (Wildman–Crippen LogP) is 3.41. The van der Waals surface area contributed by atoms with Crippen LogP contribution in [0.1, 0.15) is 22.3 Å². The molecule has 150 valence electrons. The van der Waals surface area contributed by atoms with Gasteiger partial charge in [-0.2, -0.15) is 0 Å². The van der Waals surface area contributed by atoms with Gasteiger partial charge in [0.1, 0.15) is 6.04 Å². The molecule has 0 fully saturated rings. The van der Waals surface area contributed by atoms with Crippen LogP contribution in [0.15, 0.2) is 42.5 Å². The van der Waals surface area contributed by atoms with Gasteiger partial charge >= 0.3 is 5.97 Å². The van der Waals surface area contributed by atoms with E-state index in [9.17, 15) is 19.5 Å². The zero-order chi connectivity index (χ0) is 21.3. The Labute approximate surface area is 176 Å². The van der Waals surface area contributed by atoms with E-state index in [-0.39, 0.29) is 12.3 Å². The van der Waals surface area contributed by atoms with Crippen LogP contribution in [0.5, 0.6) is 0 Å². The second kappa shape index (κ2) is 8.14. The Bertz CT molecular complexity index is 1030. The standard InChI is InChI=1S/C20H17Cl2N3O4/c1-25(13-4-2-10(3-5-13)19(23)27)17(26)7-11-6-16(20(28)29)24-15-9-12(21)8-14(22)18(11)15/h2-5,7-9,16,24H,6H2,1H3,(H2,23,27)(H,28,29). The first-order chi connectivity index (χ1) is 13.7. The molecule has 2 aromatic carbocycles. The minimum Gasteiger partial charge on any atom is -0.480 e. The number of carboxylic acid groups (broad SMARTS) is 1. The van der Waals surface area contributed by atoms with Crippen LogP contribution >= 0.6 is 23.2 Å². The second-order valence-corrected chi connectivity index (χ2v) is 7.37. The molecule has 0 bridgehead atoms. The average molecular weight is 434 g/mol. The zero-order valence-corrected chi connectivity index (χ0v) is 16.8. The summed E-state index contributed by atoms with van der Waals surface area (Å²) in [7, 11) is 1.57. The van der Waals surface area contributed by atoms with E-state index in [1.54, 1.807) is 25.2 Å². The van der Waals surface area contributed by atoms with Gasteiger partial charge in [0.2, 0.25) is 5.91 Å². The lowest BCUT2D eigenvalue weighted by Gasteiger charge is -2.28. The van der Waals surface area contributed by atoms with Gasteiger partial charge in [-0.1, -0.05) is 23.2 Å². The fourth-order valence-electron chi connectivity index (χ4n) is 3.08. The molecule has 1 heterocycles. The van der Waals surface area contributed by atoms with Gasteiger partial charge in [0.25, 0.3) is 5.91 Å². The fraction of sp³-hybridized carbons (Fsp3) is 0.150. The summed E-state index contributed by atoms with van der Waals surface area (Å²) in [6.45, 7) is 0. The number of primary amides is 1. The van der Waals surface area contributed by atoms with Crippen molar-refractivity contribution in [3.05, 3.63) is 63.6 Å². The van der Waals surface area contributed by atoms with Crippen molar-refractivity contribution in [2.75, 3.05) is 17.3 Å². The van der Waals surface area contributed by atoms with Crippen LogP contribution in [0, 0.1) is 0 Å². The Hall–Kier alpha value is -3.03. The minimum absolute atomic E-state index is 0.0733. The largest absolute Gasteiger partial charge is 0.480 e. The number of anilines is 2. The van der Waals surface area contributed by atoms with E-state index in [1.807, 2.05) is 0 Å². The molecule has 0 saturated heterocycles. The molecule has 0 aliphatic carbocycles. The molecule has 1 atom stereocenters. The highest BCUT2D eigenvalue weighted by atomic mass is 35.5. The van der Waals surface area contributed by atoms with E-state index >= 15 is 0 Å².